The highest BCUT2D eigenvalue weighted by atomic mass is 14.4. The van der Waals surface area contributed by atoms with E-state index in [1.807, 2.05) is 0 Å². The lowest BCUT2D eigenvalue weighted by Crippen LogP contribution is -2.21. The van der Waals surface area contributed by atoms with Gasteiger partial charge < -0.3 is 0 Å². The number of rotatable bonds is 3. The van der Waals surface area contributed by atoms with E-state index in [0.717, 1.165) is 0 Å². The predicted octanol–water partition coefficient (Wildman–Crippen LogP) is 10.6. The summed E-state index contributed by atoms with van der Waals surface area (Å²) >= 11 is 0. The summed E-state index contributed by atoms with van der Waals surface area (Å²) < 4.78 is 0. The van der Waals surface area contributed by atoms with Gasteiger partial charge in [0.1, 0.15) is 0 Å². The van der Waals surface area contributed by atoms with Crippen LogP contribution >= 0.6 is 0 Å². The summed E-state index contributed by atoms with van der Waals surface area (Å²) in [5.74, 6) is 0.535. The van der Waals surface area contributed by atoms with Crippen molar-refractivity contribution in [1.29, 1.82) is 0 Å². The van der Waals surface area contributed by atoms with Crippen LogP contribution in [0.25, 0.3) is 43.4 Å². The van der Waals surface area contributed by atoms with E-state index in [0.29, 0.717) is 5.92 Å². The van der Waals surface area contributed by atoms with Crippen LogP contribution in [0.15, 0.2) is 84.9 Å². The van der Waals surface area contributed by atoms with Gasteiger partial charge in [-0.1, -0.05) is 126 Å². The van der Waals surface area contributed by atoms with Gasteiger partial charge in [0.05, 0.1) is 0 Å². The molecule has 7 rings (SSSR count). The highest BCUT2D eigenvalue weighted by Crippen LogP contribution is 2.51. The molecule has 188 valence electrons. The maximum Gasteiger partial charge on any atom is 0.0159 e. The van der Waals surface area contributed by atoms with Crippen molar-refractivity contribution in [3.8, 4) is 11.1 Å². The molecular formula is C38H36. The number of fused-ring (bicyclic) bond motifs is 3. The molecule has 38 heavy (non-hydrogen) atoms. The molecule has 0 N–H and O–H groups in total. The molecular weight excluding hydrogens is 456 g/mol. The number of aryl methyl sites for hydroxylation is 1. The van der Waals surface area contributed by atoms with E-state index in [1.165, 1.54) is 76.8 Å². The van der Waals surface area contributed by atoms with Gasteiger partial charge in [-0.05, 0) is 89.7 Å². The molecule has 0 aliphatic heterocycles. The quantitative estimate of drug-likeness (QED) is 0.216. The summed E-state index contributed by atoms with van der Waals surface area (Å²) in [5.41, 5.74) is 11.1. The SMILES string of the molecule is Cc1cc2ccc3ccc(C(C)(C)c4ccc5c(c4)C(C)(C)c4cc(C(C)C)ccc4-5)c4ccc(c1)c2c34. The van der Waals surface area contributed by atoms with E-state index in [1.54, 1.807) is 0 Å². The van der Waals surface area contributed by atoms with Crippen LogP contribution in [0.4, 0.5) is 0 Å². The molecule has 0 heterocycles. The second-order valence-corrected chi connectivity index (χ2v) is 12.9. The molecule has 0 saturated heterocycles. The third-order valence-electron chi connectivity index (χ3n) is 9.51. The highest BCUT2D eigenvalue weighted by Gasteiger charge is 2.37. The van der Waals surface area contributed by atoms with Crippen LogP contribution in [0.2, 0.25) is 0 Å². The van der Waals surface area contributed by atoms with Crippen molar-refractivity contribution in [1.82, 2.24) is 0 Å². The average Bonchev–Trinajstić information content (AvgIpc) is 3.12. The topological polar surface area (TPSA) is 0 Å². The minimum Gasteiger partial charge on any atom is -0.0587 e. The van der Waals surface area contributed by atoms with Crippen LogP contribution in [0, 0.1) is 6.92 Å². The van der Waals surface area contributed by atoms with Crippen molar-refractivity contribution in [2.45, 2.75) is 65.2 Å². The van der Waals surface area contributed by atoms with Gasteiger partial charge in [-0.3, -0.25) is 0 Å². The Balaban J connectivity index is 1.42. The third kappa shape index (κ3) is 3.10. The molecule has 0 amide bonds. The van der Waals surface area contributed by atoms with Gasteiger partial charge in [-0.25, -0.2) is 0 Å². The molecule has 0 radical (unpaired) electrons. The molecule has 0 atom stereocenters. The second kappa shape index (κ2) is 7.70. The monoisotopic (exact) mass is 492 g/mol. The van der Waals surface area contributed by atoms with Gasteiger partial charge in [-0.2, -0.15) is 0 Å². The zero-order valence-corrected chi connectivity index (χ0v) is 23.7. The second-order valence-electron chi connectivity index (χ2n) is 12.9. The van der Waals surface area contributed by atoms with E-state index in [9.17, 15) is 0 Å². The predicted molar refractivity (Wildman–Crippen MR) is 165 cm³/mol. The van der Waals surface area contributed by atoms with Crippen LogP contribution in [0.1, 0.15) is 80.8 Å². The lowest BCUT2D eigenvalue weighted by molar-refractivity contribution is 0.630. The molecule has 1 aliphatic carbocycles. The van der Waals surface area contributed by atoms with E-state index in [2.05, 4.69) is 133 Å². The molecule has 0 unspecified atom stereocenters. The minimum absolute atomic E-state index is 0.0117. The molecule has 0 saturated carbocycles. The Morgan fingerprint density at radius 1 is 0.632 bits per heavy atom. The summed E-state index contributed by atoms with van der Waals surface area (Å²) in [6, 6.07) is 33.0. The van der Waals surface area contributed by atoms with Crippen molar-refractivity contribution >= 4 is 32.3 Å². The molecule has 0 nitrogen and oxygen atoms in total. The first-order chi connectivity index (χ1) is 18.1. The van der Waals surface area contributed by atoms with Gasteiger partial charge >= 0.3 is 0 Å². The zero-order chi connectivity index (χ0) is 26.6. The van der Waals surface area contributed by atoms with Crippen molar-refractivity contribution in [3.05, 3.63) is 118 Å². The van der Waals surface area contributed by atoms with E-state index >= 15 is 0 Å². The Bertz CT molecular complexity index is 1880. The average molecular weight is 493 g/mol. The van der Waals surface area contributed by atoms with E-state index in [-0.39, 0.29) is 10.8 Å². The van der Waals surface area contributed by atoms with Gasteiger partial charge in [0.25, 0.3) is 0 Å². The summed E-state index contributed by atoms with van der Waals surface area (Å²) in [4.78, 5) is 0. The van der Waals surface area contributed by atoms with Gasteiger partial charge in [0, 0.05) is 10.8 Å². The largest absolute Gasteiger partial charge is 0.0587 e. The fourth-order valence-corrected chi connectivity index (χ4v) is 7.18. The lowest BCUT2D eigenvalue weighted by Gasteiger charge is -2.30. The van der Waals surface area contributed by atoms with Crippen LogP contribution in [0.3, 0.4) is 0 Å². The summed E-state index contributed by atoms with van der Waals surface area (Å²) in [6.07, 6.45) is 0. The molecule has 0 heteroatoms. The molecule has 1 aliphatic rings. The van der Waals surface area contributed by atoms with E-state index < -0.39 is 0 Å². The molecule has 0 spiro atoms. The molecule has 0 bridgehead atoms. The summed E-state index contributed by atoms with van der Waals surface area (Å²) in [7, 11) is 0. The van der Waals surface area contributed by atoms with Crippen molar-refractivity contribution < 1.29 is 0 Å². The fraction of sp³-hybridized carbons (Fsp3) is 0.263. The van der Waals surface area contributed by atoms with Gasteiger partial charge in [-0.15, -0.1) is 0 Å². The van der Waals surface area contributed by atoms with Crippen LogP contribution in [0.5, 0.6) is 0 Å². The van der Waals surface area contributed by atoms with Crippen molar-refractivity contribution in [3.63, 3.8) is 0 Å². The van der Waals surface area contributed by atoms with E-state index in [4.69, 9.17) is 0 Å². The Labute approximate surface area is 226 Å². The smallest absolute Gasteiger partial charge is 0.0159 e. The summed E-state index contributed by atoms with van der Waals surface area (Å²) in [5, 5.41) is 8.18. The van der Waals surface area contributed by atoms with Crippen LogP contribution in [-0.4, -0.2) is 0 Å². The van der Waals surface area contributed by atoms with Gasteiger partial charge in [0.2, 0.25) is 0 Å². The molecule has 6 aromatic rings. The third-order valence-corrected chi connectivity index (χ3v) is 9.51. The molecule has 6 aromatic carbocycles. The van der Waals surface area contributed by atoms with Crippen LogP contribution in [-0.2, 0) is 10.8 Å². The lowest BCUT2D eigenvalue weighted by atomic mass is 9.73. The standard InChI is InChI=1S/C38H36/c1-22(2)25-10-14-29-30-16-13-28(21-34(30)38(6,7)33(29)20-25)37(4,5)32-17-12-24-8-9-26-18-23(3)19-27-11-15-31(32)36(24)35(26)27/h8-22H,1-7H3. The Morgan fingerprint density at radius 2 is 1.24 bits per heavy atom. The van der Waals surface area contributed by atoms with Crippen molar-refractivity contribution in [2.75, 3.05) is 0 Å². The van der Waals surface area contributed by atoms with Crippen LogP contribution < -0.4 is 0 Å². The molecule has 0 aromatic heterocycles. The molecule has 0 fully saturated rings. The number of hydrogen-bond acceptors (Lipinski definition) is 0. The maximum atomic E-state index is 2.51. The Hall–Kier alpha value is -3.64. The number of benzene rings is 6. The maximum absolute atomic E-state index is 2.51. The first-order valence-corrected chi connectivity index (χ1v) is 14.1. The van der Waals surface area contributed by atoms with Crippen molar-refractivity contribution in [2.24, 2.45) is 0 Å². The Morgan fingerprint density at radius 3 is 1.95 bits per heavy atom. The van der Waals surface area contributed by atoms with Gasteiger partial charge in [0.15, 0.2) is 0 Å². The highest BCUT2D eigenvalue weighted by molar-refractivity contribution is 6.23. The summed E-state index contributed by atoms with van der Waals surface area (Å²) in [6.45, 7) is 16.4. The first-order valence-electron chi connectivity index (χ1n) is 14.1. The number of hydrogen-bond donors (Lipinski definition) is 0. The fourth-order valence-electron chi connectivity index (χ4n) is 7.18. The Kier molecular flexibility index (Phi) is 4.76. The minimum atomic E-state index is -0.138. The first kappa shape index (κ1) is 23.5. The zero-order valence-electron chi connectivity index (χ0n) is 23.7. The normalized spacial score (nSPS) is 14.6.